The largest absolute Gasteiger partial charge is 0.465 e. The monoisotopic (exact) mass is 358 g/mol. The number of furan rings is 1. The van der Waals surface area contributed by atoms with Gasteiger partial charge >= 0.3 is 0 Å². The minimum absolute atomic E-state index is 0.243. The molecule has 27 heavy (non-hydrogen) atoms. The number of benzene rings is 2. The molecule has 0 atom stereocenters. The maximum atomic E-state index is 12.1. The van der Waals surface area contributed by atoms with Crippen molar-refractivity contribution < 1.29 is 9.21 Å². The van der Waals surface area contributed by atoms with Crippen molar-refractivity contribution >= 4 is 28.7 Å². The Balaban J connectivity index is 1.55. The zero-order chi connectivity index (χ0) is 18.8. The number of nitrogens with zero attached hydrogens (tertiary/aromatic N) is 3. The first-order valence-electron chi connectivity index (χ1n) is 8.56. The van der Waals surface area contributed by atoms with Gasteiger partial charge in [0.2, 0.25) is 5.91 Å². The zero-order valence-electron chi connectivity index (χ0n) is 15.0. The van der Waals surface area contributed by atoms with Crippen LogP contribution in [0.5, 0.6) is 0 Å². The fourth-order valence-electron chi connectivity index (χ4n) is 2.69. The highest BCUT2D eigenvalue weighted by Gasteiger charge is 2.07. The number of hydrogen-bond donors (Lipinski definition) is 1. The van der Waals surface area contributed by atoms with Crippen molar-refractivity contribution in [2.45, 2.75) is 13.8 Å². The van der Waals surface area contributed by atoms with Crippen LogP contribution in [0.2, 0.25) is 0 Å². The van der Waals surface area contributed by atoms with Crippen LogP contribution in [0.25, 0.3) is 22.8 Å². The predicted molar refractivity (Wildman–Crippen MR) is 105 cm³/mol. The van der Waals surface area contributed by atoms with E-state index in [2.05, 4.69) is 41.5 Å². The van der Waals surface area contributed by atoms with Crippen molar-refractivity contribution in [1.29, 1.82) is 0 Å². The van der Waals surface area contributed by atoms with E-state index >= 15 is 0 Å². The molecule has 0 aliphatic rings. The Hall–Kier alpha value is -3.67. The van der Waals surface area contributed by atoms with Crippen molar-refractivity contribution in [2.24, 2.45) is 0 Å². The first-order valence-corrected chi connectivity index (χ1v) is 8.56. The summed E-state index contributed by atoms with van der Waals surface area (Å²) in [5, 5.41) is 11.9. The highest BCUT2D eigenvalue weighted by molar-refractivity contribution is 6.02. The minimum atomic E-state index is -0.243. The molecule has 4 aromatic rings. The number of aryl methyl sites for hydroxylation is 2. The molecule has 1 amide bonds. The van der Waals surface area contributed by atoms with Gasteiger partial charge in [-0.1, -0.05) is 6.07 Å². The van der Waals surface area contributed by atoms with Gasteiger partial charge in [0.05, 0.1) is 12.0 Å². The second-order valence-electron chi connectivity index (χ2n) is 6.30. The lowest BCUT2D eigenvalue weighted by Gasteiger charge is -2.03. The second kappa shape index (κ2) is 6.92. The van der Waals surface area contributed by atoms with E-state index < -0.39 is 0 Å². The van der Waals surface area contributed by atoms with Gasteiger partial charge in [0.1, 0.15) is 16.8 Å². The molecule has 0 radical (unpaired) electrons. The predicted octanol–water partition coefficient (Wildman–Crippen LogP) is 4.28. The van der Waals surface area contributed by atoms with Crippen LogP contribution in [-0.2, 0) is 4.79 Å². The Labute approximate surface area is 156 Å². The number of anilines is 1. The Morgan fingerprint density at radius 2 is 1.89 bits per heavy atom. The molecule has 0 unspecified atom stereocenters. The maximum Gasteiger partial charge on any atom is 0.248 e. The first-order chi connectivity index (χ1) is 13.1. The smallest absolute Gasteiger partial charge is 0.248 e. The van der Waals surface area contributed by atoms with E-state index in [-0.39, 0.29) is 5.91 Å². The third kappa shape index (κ3) is 3.64. The third-order valence-corrected chi connectivity index (χ3v) is 4.31. The van der Waals surface area contributed by atoms with E-state index in [0.29, 0.717) is 17.0 Å². The van der Waals surface area contributed by atoms with Gasteiger partial charge in [0.25, 0.3) is 0 Å². The van der Waals surface area contributed by atoms with Crippen molar-refractivity contribution in [3.63, 3.8) is 0 Å². The summed E-state index contributed by atoms with van der Waals surface area (Å²) in [7, 11) is 0. The van der Waals surface area contributed by atoms with Crippen LogP contribution in [0.3, 0.4) is 0 Å². The van der Waals surface area contributed by atoms with E-state index in [9.17, 15) is 4.79 Å². The Bertz CT molecular complexity index is 1140. The van der Waals surface area contributed by atoms with Gasteiger partial charge in [-0.25, -0.2) is 0 Å². The van der Waals surface area contributed by atoms with E-state index in [1.54, 1.807) is 41.4 Å². The SMILES string of the molecule is Cc1ccc(-n2nc3ccc(NC(=O)C=Cc4ccco4)cc3n2)cc1C. The van der Waals surface area contributed by atoms with Crippen LogP contribution in [0.1, 0.15) is 16.9 Å². The van der Waals surface area contributed by atoms with Gasteiger partial charge in [-0.15, -0.1) is 10.2 Å². The van der Waals surface area contributed by atoms with E-state index in [1.807, 2.05) is 12.1 Å². The normalized spacial score (nSPS) is 11.3. The molecule has 0 bridgehead atoms. The Morgan fingerprint density at radius 3 is 2.67 bits per heavy atom. The number of rotatable bonds is 4. The molecule has 2 aromatic carbocycles. The average Bonchev–Trinajstić information content (AvgIpc) is 3.31. The van der Waals surface area contributed by atoms with Gasteiger partial charge in [-0.2, -0.15) is 4.80 Å². The summed E-state index contributed by atoms with van der Waals surface area (Å²) >= 11 is 0. The van der Waals surface area contributed by atoms with Gasteiger partial charge in [0, 0.05) is 11.8 Å². The topological polar surface area (TPSA) is 73.0 Å². The third-order valence-electron chi connectivity index (χ3n) is 4.31. The summed E-state index contributed by atoms with van der Waals surface area (Å²) in [6.07, 6.45) is 4.60. The molecule has 0 fully saturated rings. The van der Waals surface area contributed by atoms with Crippen molar-refractivity contribution in [2.75, 3.05) is 5.32 Å². The number of amides is 1. The molecule has 4 rings (SSSR count). The molecular formula is C21H18N4O2. The summed E-state index contributed by atoms with van der Waals surface area (Å²) in [4.78, 5) is 13.7. The Kier molecular flexibility index (Phi) is 4.30. The minimum Gasteiger partial charge on any atom is -0.465 e. The van der Waals surface area contributed by atoms with Crippen LogP contribution in [-0.4, -0.2) is 20.9 Å². The summed E-state index contributed by atoms with van der Waals surface area (Å²) in [5.41, 5.74) is 5.44. The summed E-state index contributed by atoms with van der Waals surface area (Å²) in [5.74, 6) is 0.379. The molecule has 0 aliphatic heterocycles. The van der Waals surface area contributed by atoms with Crippen molar-refractivity contribution in [3.05, 3.63) is 77.8 Å². The molecule has 0 saturated carbocycles. The lowest BCUT2D eigenvalue weighted by atomic mass is 10.1. The summed E-state index contributed by atoms with van der Waals surface area (Å²) < 4.78 is 5.16. The number of carbonyl (C=O) groups is 1. The number of nitrogens with one attached hydrogen (secondary N) is 1. The molecule has 2 aromatic heterocycles. The molecule has 6 heteroatoms. The number of aromatic nitrogens is 3. The van der Waals surface area contributed by atoms with E-state index in [4.69, 9.17) is 4.42 Å². The highest BCUT2D eigenvalue weighted by Crippen LogP contribution is 2.19. The molecule has 0 spiro atoms. The second-order valence-corrected chi connectivity index (χ2v) is 6.30. The molecule has 134 valence electrons. The number of carbonyl (C=O) groups excluding carboxylic acids is 1. The molecular weight excluding hydrogens is 340 g/mol. The van der Waals surface area contributed by atoms with Crippen LogP contribution in [0.15, 0.2) is 65.3 Å². The number of hydrogen-bond acceptors (Lipinski definition) is 4. The Morgan fingerprint density at radius 1 is 1.04 bits per heavy atom. The van der Waals surface area contributed by atoms with Gasteiger partial charge in [-0.3, -0.25) is 4.79 Å². The van der Waals surface area contributed by atoms with Crippen LogP contribution in [0.4, 0.5) is 5.69 Å². The van der Waals surface area contributed by atoms with E-state index in [1.165, 1.54) is 17.2 Å². The zero-order valence-corrected chi connectivity index (χ0v) is 15.0. The standard InChI is InChI=1S/C21H18N4O2/c1-14-5-7-17(12-15(14)2)25-23-19-9-6-16(13-20(19)24-25)22-21(26)10-8-18-4-3-11-27-18/h3-13H,1-2H3,(H,22,26). The van der Waals surface area contributed by atoms with Crippen LogP contribution >= 0.6 is 0 Å². The number of fused-ring (bicyclic) bond motifs is 1. The van der Waals surface area contributed by atoms with Crippen LogP contribution in [0, 0.1) is 13.8 Å². The molecule has 2 heterocycles. The molecule has 0 saturated heterocycles. The quantitative estimate of drug-likeness (QED) is 0.553. The first kappa shape index (κ1) is 16.8. The summed E-state index contributed by atoms with van der Waals surface area (Å²) in [6.45, 7) is 4.13. The van der Waals surface area contributed by atoms with Gasteiger partial charge in [0.15, 0.2) is 0 Å². The van der Waals surface area contributed by atoms with Crippen molar-refractivity contribution in [1.82, 2.24) is 15.0 Å². The average molecular weight is 358 g/mol. The van der Waals surface area contributed by atoms with Crippen molar-refractivity contribution in [3.8, 4) is 5.69 Å². The lowest BCUT2D eigenvalue weighted by Crippen LogP contribution is -2.07. The highest BCUT2D eigenvalue weighted by atomic mass is 16.3. The fourth-order valence-corrected chi connectivity index (χ4v) is 2.69. The molecule has 0 aliphatic carbocycles. The molecule has 1 N–H and O–H groups in total. The summed E-state index contributed by atoms with van der Waals surface area (Å²) in [6, 6.07) is 15.1. The van der Waals surface area contributed by atoms with Gasteiger partial charge in [-0.05, 0) is 73.5 Å². The lowest BCUT2D eigenvalue weighted by molar-refractivity contribution is -0.111. The fraction of sp³-hybridized carbons (Fsp3) is 0.0952. The van der Waals surface area contributed by atoms with Crippen LogP contribution < -0.4 is 5.32 Å². The molecule has 6 nitrogen and oxygen atoms in total. The van der Waals surface area contributed by atoms with Gasteiger partial charge < -0.3 is 9.73 Å². The maximum absolute atomic E-state index is 12.1. The van der Waals surface area contributed by atoms with E-state index in [0.717, 1.165) is 11.2 Å².